The summed E-state index contributed by atoms with van der Waals surface area (Å²) in [5.74, 6) is 0.0487. The Bertz CT molecular complexity index is 543. The first-order valence-electron chi connectivity index (χ1n) is 6.00. The van der Waals surface area contributed by atoms with Gasteiger partial charge in [0, 0.05) is 12.8 Å². The van der Waals surface area contributed by atoms with Crippen molar-refractivity contribution in [3.63, 3.8) is 0 Å². The molecule has 1 atom stereocenters. The van der Waals surface area contributed by atoms with Gasteiger partial charge in [-0.1, -0.05) is 6.07 Å². The van der Waals surface area contributed by atoms with Crippen LogP contribution < -0.4 is 5.32 Å². The summed E-state index contributed by atoms with van der Waals surface area (Å²) in [5.41, 5.74) is 0.796. The molecule has 2 heterocycles. The third kappa shape index (κ3) is 3.59. The van der Waals surface area contributed by atoms with Gasteiger partial charge in [-0.2, -0.15) is 0 Å². The molecule has 1 N–H and O–H groups in total. The minimum atomic E-state index is -0.515. The van der Waals surface area contributed by atoms with E-state index in [1.807, 2.05) is 30.5 Å². The number of amides is 1. The predicted octanol–water partition coefficient (Wildman–Crippen LogP) is 2.57. The predicted molar refractivity (Wildman–Crippen MR) is 75.1 cm³/mol. The van der Waals surface area contributed by atoms with Crippen molar-refractivity contribution in [1.29, 1.82) is 0 Å². The smallest absolute Gasteiger partial charge is 0.255 e. The number of hydrogen-bond acceptors (Lipinski definition) is 5. The van der Waals surface area contributed by atoms with Crippen molar-refractivity contribution in [2.24, 2.45) is 0 Å². The van der Waals surface area contributed by atoms with Crippen molar-refractivity contribution < 1.29 is 9.53 Å². The van der Waals surface area contributed by atoms with E-state index in [4.69, 9.17) is 4.74 Å². The minimum Gasteiger partial charge on any atom is -0.369 e. The lowest BCUT2D eigenvalue weighted by Crippen LogP contribution is -2.28. The second kappa shape index (κ2) is 6.40. The Morgan fingerprint density at radius 1 is 1.53 bits per heavy atom. The summed E-state index contributed by atoms with van der Waals surface area (Å²) in [4.78, 5) is 21.2. The Labute approximate surface area is 115 Å². The van der Waals surface area contributed by atoms with Crippen LogP contribution in [0.2, 0.25) is 0 Å². The Kier molecular flexibility index (Phi) is 4.59. The van der Waals surface area contributed by atoms with Crippen molar-refractivity contribution in [2.45, 2.75) is 20.0 Å². The molecule has 2 rings (SSSR count). The molecule has 0 fully saturated rings. The zero-order valence-electron chi connectivity index (χ0n) is 10.8. The summed E-state index contributed by atoms with van der Waals surface area (Å²) in [5, 5.41) is 4.63. The van der Waals surface area contributed by atoms with Crippen molar-refractivity contribution in [1.82, 2.24) is 9.97 Å². The molecule has 100 valence electrons. The van der Waals surface area contributed by atoms with Gasteiger partial charge in [0.2, 0.25) is 5.95 Å². The minimum absolute atomic E-state index is 0.245. The van der Waals surface area contributed by atoms with Crippen LogP contribution in [-0.2, 0) is 9.53 Å². The van der Waals surface area contributed by atoms with E-state index in [9.17, 15) is 4.79 Å². The van der Waals surface area contributed by atoms with Crippen LogP contribution in [0.1, 0.15) is 13.8 Å². The first kappa shape index (κ1) is 13.6. The molecule has 1 amide bonds. The van der Waals surface area contributed by atoms with Gasteiger partial charge in [-0.25, -0.2) is 9.97 Å². The van der Waals surface area contributed by atoms with E-state index in [-0.39, 0.29) is 5.91 Å². The topological polar surface area (TPSA) is 64.1 Å². The van der Waals surface area contributed by atoms with Crippen molar-refractivity contribution in [2.75, 3.05) is 11.9 Å². The normalized spacial score (nSPS) is 12.1. The van der Waals surface area contributed by atoms with Gasteiger partial charge in [0.05, 0.1) is 10.6 Å². The molecular weight excluding hydrogens is 262 g/mol. The molecule has 0 saturated heterocycles. The van der Waals surface area contributed by atoms with Crippen LogP contribution in [-0.4, -0.2) is 28.6 Å². The van der Waals surface area contributed by atoms with Gasteiger partial charge in [0.15, 0.2) is 0 Å². The molecular formula is C13H15N3O2S. The lowest BCUT2D eigenvalue weighted by molar-refractivity contribution is -0.126. The van der Waals surface area contributed by atoms with Crippen molar-refractivity contribution in [3.8, 4) is 10.6 Å². The number of nitrogens with one attached hydrogen (secondary N) is 1. The van der Waals surface area contributed by atoms with Crippen LogP contribution in [0, 0.1) is 0 Å². The Morgan fingerprint density at radius 2 is 2.37 bits per heavy atom. The largest absolute Gasteiger partial charge is 0.369 e. The first-order chi connectivity index (χ1) is 9.20. The van der Waals surface area contributed by atoms with E-state index in [1.165, 1.54) is 0 Å². The molecule has 2 aromatic heterocycles. The fourth-order valence-corrected chi connectivity index (χ4v) is 2.21. The molecule has 2 aromatic rings. The number of ether oxygens (including phenoxy) is 1. The third-order valence-corrected chi connectivity index (χ3v) is 3.34. The first-order valence-corrected chi connectivity index (χ1v) is 6.88. The highest BCUT2D eigenvalue weighted by atomic mass is 32.1. The number of carbonyl (C=O) groups is 1. The number of hydrogen-bond donors (Lipinski definition) is 1. The maximum Gasteiger partial charge on any atom is 0.255 e. The summed E-state index contributed by atoms with van der Waals surface area (Å²) < 4.78 is 5.21. The Morgan fingerprint density at radius 3 is 3.05 bits per heavy atom. The average molecular weight is 277 g/mol. The standard InChI is InChI=1S/C13H15N3O2S/c1-3-18-9(2)12(17)16-13-14-7-6-10(15-13)11-5-4-8-19-11/h4-9H,3H2,1-2H3,(H,14,15,16,17). The molecule has 19 heavy (non-hydrogen) atoms. The average Bonchev–Trinajstić information content (AvgIpc) is 2.93. The maximum atomic E-state index is 11.8. The van der Waals surface area contributed by atoms with Crippen LogP contribution >= 0.6 is 11.3 Å². The molecule has 5 nitrogen and oxygen atoms in total. The molecule has 1 unspecified atom stereocenters. The number of anilines is 1. The van der Waals surface area contributed by atoms with Crippen LogP contribution in [0.15, 0.2) is 29.8 Å². The number of thiophene rings is 1. The van der Waals surface area contributed by atoms with Gasteiger partial charge < -0.3 is 4.74 Å². The van der Waals surface area contributed by atoms with Crippen LogP contribution in [0.3, 0.4) is 0 Å². The lowest BCUT2D eigenvalue weighted by atomic mass is 10.3. The second-order valence-electron chi connectivity index (χ2n) is 3.83. The third-order valence-electron chi connectivity index (χ3n) is 2.45. The van der Waals surface area contributed by atoms with Gasteiger partial charge >= 0.3 is 0 Å². The molecule has 0 aliphatic carbocycles. The van der Waals surface area contributed by atoms with Crippen LogP contribution in [0.5, 0.6) is 0 Å². The van der Waals surface area contributed by atoms with Gasteiger partial charge in [0.25, 0.3) is 5.91 Å². The zero-order valence-corrected chi connectivity index (χ0v) is 11.6. The highest BCUT2D eigenvalue weighted by molar-refractivity contribution is 7.13. The number of nitrogens with zero attached hydrogens (tertiary/aromatic N) is 2. The monoisotopic (exact) mass is 277 g/mol. The molecule has 0 aromatic carbocycles. The van der Waals surface area contributed by atoms with E-state index in [2.05, 4.69) is 15.3 Å². The summed E-state index contributed by atoms with van der Waals surface area (Å²) >= 11 is 1.59. The molecule has 0 spiro atoms. The molecule has 0 radical (unpaired) electrons. The van der Waals surface area contributed by atoms with Gasteiger partial charge in [-0.3, -0.25) is 10.1 Å². The summed E-state index contributed by atoms with van der Waals surface area (Å²) in [7, 11) is 0. The van der Waals surface area contributed by atoms with E-state index in [1.54, 1.807) is 24.5 Å². The second-order valence-corrected chi connectivity index (χ2v) is 4.78. The lowest BCUT2D eigenvalue weighted by Gasteiger charge is -2.11. The van der Waals surface area contributed by atoms with Gasteiger partial charge in [-0.05, 0) is 31.4 Å². The summed E-state index contributed by atoms with van der Waals surface area (Å²) in [6.45, 7) is 4.03. The SMILES string of the molecule is CCOC(C)C(=O)Nc1nccc(-c2cccs2)n1. The molecule has 0 aliphatic heterocycles. The highest BCUT2D eigenvalue weighted by Crippen LogP contribution is 2.22. The molecule has 0 aliphatic rings. The Balaban J connectivity index is 2.09. The number of rotatable bonds is 5. The fourth-order valence-electron chi connectivity index (χ4n) is 1.52. The van der Waals surface area contributed by atoms with E-state index in [0.29, 0.717) is 12.6 Å². The number of aromatic nitrogens is 2. The van der Waals surface area contributed by atoms with Crippen molar-refractivity contribution in [3.05, 3.63) is 29.8 Å². The zero-order chi connectivity index (χ0) is 13.7. The van der Waals surface area contributed by atoms with Gasteiger partial charge in [0.1, 0.15) is 6.10 Å². The van der Waals surface area contributed by atoms with Crippen LogP contribution in [0.4, 0.5) is 5.95 Å². The summed E-state index contributed by atoms with van der Waals surface area (Å²) in [6.07, 6.45) is 1.11. The van der Waals surface area contributed by atoms with E-state index in [0.717, 1.165) is 10.6 Å². The summed E-state index contributed by atoms with van der Waals surface area (Å²) in [6, 6.07) is 5.74. The molecule has 6 heteroatoms. The highest BCUT2D eigenvalue weighted by Gasteiger charge is 2.14. The fraction of sp³-hybridized carbons (Fsp3) is 0.308. The maximum absolute atomic E-state index is 11.8. The Hall–Kier alpha value is -1.79. The van der Waals surface area contributed by atoms with E-state index < -0.39 is 6.10 Å². The molecule has 0 bridgehead atoms. The van der Waals surface area contributed by atoms with E-state index >= 15 is 0 Å². The number of carbonyl (C=O) groups excluding carboxylic acids is 1. The molecule has 0 saturated carbocycles. The quantitative estimate of drug-likeness (QED) is 0.912. The van der Waals surface area contributed by atoms with Crippen LogP contribution in [0.25, 0.3) is 10.6 Å². The van der Waals surface area contributed by atoms with Crippen molar-refractivity contribution >= 4 is 23.2 Å². The van der Waals surface area contributed by atoms with Gasteiger partial charge in [-0.15, -0.1) is 11.3 Å².